The Morgan fingerprint density at radius 1 is 1.39 bits per heavy atom. The standard InChI is InChI=1S/C17H22N4O2/c1-2-21(12-16-4-3-9-23-16)17(22)20-15-7-5-13(6-8-15)14-10-18-19-11-14/h5-8,10-11,16H,2-4,9,12H2,1H3,(H,18,19)(H,20,22)/t16-/m0/s1. The molecule has 23 heavy (non-hydrogen) atoms. The van der Waals surface area contributed by atoms with Gasteiger partial charge in [-0.3, -0.25) is 5.10 Å². The van der Waals surface area contributed by atoms with Crippen molar-refractivity contribution in [1.29, 1.82) is 0 Å². The number of nitrogens with zero attached hydrogens (tertiary/aromatic N) is 2. The Morgan fingerprint density at radius 3 is 2.83 bits per heavy atom. The fourth-order valence-corrected chi connectivity index (χ4v) is 2.75. The number of benzene rings is 1. The maximum atomic E-state index is 12.4. The van der Waals surface area contributed by atoms with Gasteiger partial charge in [0.15, 0.2) is 0 Å². The van der Waals surface area contributed by atoms with Gasteiger partial charge >= 0.3 is 6.03 Å². The van der Waals surface area contributed by atoms with E-state index >= 15 is 0 Å². The monoisotopic (exact) mass is 314 g/mol. The summed E-state index contributed by atoms with van der Waals surface area (Å²) in [6.07, 6.45) is 5.90. The number of aromatic amines is 1. The van der Waals surface area contributed by atoms with E-state index in [4.69, 9.17) is 4.74 Å². The van der Waals surface area contributed by atoms with Crippen molar-refractivity contribution in [1.82, 2.24) is 15.1 Å². The zero-order valence-corrected chi connectivity index (χ0v) is 13.3. The van der Waals surface area contributed by atoms with Crippen molar-refractivity contribution in [3.63, 3.8) is 0 Å². The number of hydrogen-bond acceptors (Lipinski definition) is 3. The summed E-state index contributed by atoms with van der Waals surface area (Å²) in [7, 11) is 0. The summed E-state index contributed by atoms with van der Waals surface area (Å²) >= 11 is 0. The van der Waals surface area contributed by atoms with Gasteiger partial charge in [-0.15, -0.1) is 0 Å². The van der Waals surface area contributed by atoms with Crippen molar-refractivity contribution in [2.24, 2.45) is 0 Å². The number of nitrogens with one attached hydrogen (secondary N) is 2. The van der Waals surface area contributed by atoms with Crippen LogP contribution in [-0.4, -0.2) is 46.9 Å². The van der Waals surface area contributed by atoms with Crippen molar-refractivity contribution in [2.75, 3.05) is 25.0 Å². The Morgan fingerprint density at radius 2 is 2.22 bits per heavy atom. The molecule has 3 rings (SSSR count). The third-order valence-corrected chi connectivity index (χ3v) is 4.08. The second-order valence-electron chi connectivity index (χ2n) is 5.67. The van der Waals surface area contributed by atoms with Crippen LogP contribution in [0.25, 0.3) is 11.1 Å². The lowest BCUT2D eigenvalue weighted by molar-refractivity contribution is 0.0849. The highest BCUT2D eigenvalue weighted by Crippen LogP contribution is 2.20. The van der Waals surface area contributed by atoms with Crippen molar-refractivity contribution in [2.45, 2.75) is 25.9 Å². The number of amides is 2. The van der Waals surface area contributed by atoms with Crippen LogP contribution in [0.1, 0.15) is 19.8 Å². The molecule has 0 bridgehead atoms. The van der Waals surface area contributed by atoms with Gasteiger partial charge in [-0.25, -0.2) is 4.79 Å². The highest BCUT2D eigenvalue weighted by Gasteiger charge is 2.21. The van der Waals surface area contributed by atoms with Gasteiger partial charge in [0.05, 0.1) is 12.3 Å². The van der Waals surface area contributed by atoms with E-state index < -0.39 is 0 Å². The molecule has 2 amide bonds. The van der Waals surface area contributed by atoms with Crippen LogP contribution in [-0.2, 0) is 4.74 Å². The number of aromatic nitrogens is 2. The normalized spacial score (nSPS) is 17.2. The van der Waals surface area contributed by atoms with Crippen molar-refractivity contribution < 1.29 is 9.53 Å². The topological polar surface area (TPSA) is 70.2 Å². The molecule has 0 aliphatic carbocycles. The van der Waals surface area contributed by atoms with Crippen LogP contribution in [0.3, 0.4) is 0 Å². The molecule has 2 N–H and O–H groups in total. The minimum atomic E-state index is -0.0842. The quantitative estimate of drug-likeness (QED) is 0.891. The predicted octanol–water partition coefficient (Wildman–Crippen LogP) is 3.11. The zero-order chi connectivity index (χ0) is 16.1. The lowest BCUT2D eigenvalue weighted by Gasteiger charge is -2.24. The molecule has 6 nitrogen and oxygen atoms in total. The van der Waals surface area contributed by atoms with Crippen LogP contribution in [0.15, 0.2) is 36.7 Å². The van der Waals surface area contributed by atoms with E-state index in [1.807, 2.05) is 37.4 Å². The summed E-state index contributed by atoms with van der Waals surface area (Å²) < 4.78 is 5.61. The van der Waals surface area contributed by atoms with E-state index in [0.717, 1.165) is 36.3 Å². The number of rotatable bonds is 5. The summed E-state index contributed by atoms with van der Waals surface area (Å²) in [5, 5.41) is 9.68. The van der Waals surface area contributed by atoms with E-state index in [-0.39, 0.29) is 12.1 Å². The van der Waals surface area contributed by atoms with Gasteiger partial charge in [0.25, 0.3) is 0 Å². The third-order valence-electron chi connectivity index (χ3n) is 4.08. The van der Waals surface area contributed by atoms with Gasteiger partial charge in [0, 0.05) is 37.1 Å². The average Bonchev–Trinajstić information content (AvgIpc) is 3.27. The molecule has 1 aliphatic heterocycles. The molecule has 2 aromatic rings. The zero-order valence-electron chi connectivity index (χ0n) is 13.3. The molecule has 0 unspecified atom stereocenters. The molecule has 0 radical (unpaired) electrons. The van der Waals surface area contributed by atoms with Gasteiger partial charge < -0.3 is 15.0 Å². The molecular weight excluding hydrogens is 292 g/mol. The van der Waals surface area contributed by atoms with Crippen LogP contribution in [0.4, 0.5) is 10.5 Å². The summed E-state index contributed by atoms with van der Waals surface area (Å²) in [6, 6.07) is 7.66. The third kappa shape index (κ3) is 3.90. The number of ether oxygens (including phenoxy) is 1. The molecule has 122 valence electrons. The van der Waals surface area contributed by atoms with Gasteiger partial charge in [-0.05, 0) is 37.5 Å². The number of carbonyl (C=O) groups is 1. The molecule has 6 heteroatoms. The average molecular weight is 314 g/mol. The summed E-state index contributed by atoms with van der Waals surface area (Å²) in [6.45, 7) is 4.10. The molecular formula is C17H22N4O2. The minimum Gasteiger partial charge on any atom is -0.376 e. The maximum absolute atomic E-state index is 12.4. The molecule has 1 aliphatic rings. The van der Waals surface area contributed by atoms with Gasteiger partial charge in [0.2, 0.25) is 0 Å². The lowest BCUT2D eigenvalue weighted by Crippen LogP contribution is -2.39. The van der Waals surface area contributed by atoms with Crippen molar-refractivity contribution in [3.8, 4) is 11.1 Å². The fourth-order valence-electron chi connectivity index (χ4n) is 2.75. The van der Waals surface area contributed by atoms with Gasteiger partial charge in [0.1, 0.15) is 0 Å². The minimum absolute atomic E-state index is 0.0842. The Labute approximate surface area is 135 Å². The molecule has 1 fully saturated rings. The molecule has 0 spiro atoms. The summed E-state index contributed by atoms with van der Waals surface area (Å²) in [5.41, 5.74) is 2.87. The second-order valence-corrected chi connectivity index (χ2v) is 5.67. The Balaban J connectivity index is 1.59. The van der Waals surface area contributed by atoms with Gasteiger partial charge in [-0.2, -0.15) is 5.10 Å². The van der Waals surface area contributed by atoms with E-state index in [9.17, 15) is 4.79 Å². The highest BCUT2D eigenvalue weighted by molar-refractivity contribution is 5.89. The largest absolute Gasteiger partial charge is 0.376 e. The first-order valence-electron chi connectivity index (χ1n) is 8.03. The van der Waals surface area contributed by atoms with Crippen LogP contribution in [0.5, 0.6) is 0 Å². The number of carbonyl (C=O) groups excluding carboxylic acids is 1. The number of urea groups is 1. The SMILES string of the molecule is CCN(C[C@@H]1CCCO1)C(=O)Nc1ccc(-c2cn[nH]c2)cc1. The smallest absolute Gasteiger partial charge is 0.321 e. The Hall–Kier alpha value is -2.34. The first-order chi connectivity index (χ1) is 11.3. The Kier molecular flexibility index (Phi) is 4.92. The molecule has 1 aromatic heterocycles. The fraction of sp³-hybridized carbons (Fsp3) is 0.412. The number of H-pyrrole nitrogens is 1. The molecule has 0 saturated carbocycles. The van der Waals surface area contributed by atoms with E-state index in [2.05, 4.69) is 15.5 Å². The molecule has 1 aromatic carbocycles. The maximum Gasteiger partial charge on any atom is 0.321 e. The van der Waals surface area contributed by atoms with Crippen LogP contribution >= 0.6 is 0 Å². The lowest BCUT2D eigenvalue weighted by atomic mass is 10.1. The first-order valence-corrected chi connectivity index (χ1v) is 8.03. The van der Waals surface area contributed by atoms with E-state index in [1.54, 1.807) is 11.1 Å². The van der Waals surface area contributed by atoms with E-state index in [0.29, 0.717) is 13.1 Å². The number of likely N-dealkylation sites (N-methyl/N-ethyl adjacent to an activating group) is 1. The summed E-state index contributed by atoms with van der Waals surface area (Å²) in [4.78, 5) is 14.2. The molecule has 1 saturated heterocycles. The van der Waals surface area contributed by atoms with Crippen LogP contribution in [0.2, 0.25) is 0 Å². The van der Waals surface area contributed by atoms with Crippen LogP contribution < -0.4 is 5.32 Å². The van der Waals surface area contributed by atoms with Gasteiger partial charge in [-0.1, -0.05) is 12.1 Å². The van der Waals surface area contributed by atoms with E-state index in [1.165, 1.54) is 0 Å². The van der Waals surface area contributed by atoms with Crippen molar-refractivity contribution in [3.05, 3.63) is 36.7 Å². The molecule has 2 heterocycles. The number of anilines is 1. The van der Waals surface area contributed by atoms with Crippen LogP contribution in [0, 0.1) is 0 Å². The number of hydrogen-bond donors (Lipinski definition) is 2. The Bertz CT molecular complexity index is 619. The first kappa shape index (κ1) is 15.6. The summed E-state index contributed by atoms with van der Waals surface area (Å²) in [5.74, 6) is 0. The second kappa shape index (κ2) is 7.28. The highest BCUT2D eigenvalue weighted by atomic mass is 16.5. The molecule has 1 atom stereocenters. The predicted molar refractivity (Wildman–Crippen MR) is 89.3 cm³/mol. The van der Waals surface area contributed by atoms with Crippen molar-refractivity contribution >= 4 is 11.7 Å².